The van der Waals surface area contributed by atoms with Crippen LogP contribution in [0.3, 0.4) is 0 Å². The van der Waals surface area contributed by atoms with Crippen LogP contribution in [0, 0.1) is 0 Å². The summed E-state index contributed by atoms with van der Waals surface area (Å²) in [5.41, 5.74) is 5.77. The number of hydrogen-bond acceptors (Lipinski definition) is 5. The molecule has 33 heavy (non-hydrogen) atoms. The van der Waals surface area contributed by atoms with Crippen molar-refractivity contribution in [2.75, 3.05) is 6.54 Å². The van der Waals surface area contributed by atoms with Crippen LogP contribution in [-0.2, 0) is 16.0 Å². The van der Waals surface area contributed by atoms with Gasteiger partial charge in [-0.25, -0.2) is 9.78 Å². The van der Waals surface area contributed by atoms with E-state index in [1.54, 1.807) is 6.20 Å². The zero-order valence-corrected chi connectivity index (χ0v) is 20.4. The Balaban J connectivity index is 2.17. The number of carboxylic acid groups (broad SMARTS) is 1. The fraction of sp³-hybridized carbons (Fsp3) is 0.760. The molecule has 1 aromatic rings. The highest BCUT2D eigenvalue weighted by Crippen LogP contribution is 2.13. The standard InChI is InChI=1S/C25H44N4O4/c1-2-3-4-5-6-7-8-9-10-11-12-13-14-15-24(31)29-19-21(27-20-29)18-22(25(32)33)28-23(30)16-17-26/h19-20,22H,2-18,26H2,1H3,(H,28,30)(H,32,33). The van der Waals surface area contributed by atoms with E-state index in [0.29, 0.717) is 12.1 Å². The Morgan fingerprint density at radius 1 is 0.939 bits per heavy atom. The number of nitrogens with zero attached hydrogens (tertiary/aromatic N) is 2. The quantitative estimate of drug-likeness (QED) is 0.244. The fourth-order valence-electron chi connectivity index (χ4n) is 3.84. The number of imidazole rings is 1. The average molecular weight is 465 g/mol. The Labute approximate surface area is 198 Å². The molecule has 0 bridgehead atoms. The van der Waals surface area contributed by atoms with Crippen molar-refractivity contribution in [3.8, 4) is 0 Å². The van der Waals surface area contributed by atoms with Gasteiger partial charge in [-0.3, -0.25) is 14.2 Å². The molecule has 0 aromatic carbocycles. The molecule has 0 fully saturated rings. The van der Waals surface area contributed by atoms with Gasteiger partial charge in [-0.15, -0.1) is 0 Å². The van der Waals surface area contributed by atoms with Crippen molar-refractivity contribution >= 4 is 17.8 Å². The molecule has 0 saturated heterocycles. The van der Waals surface area contributed by atoms with Gasteiger partial charge in [-0.2, -0.15) is 0 Å². The smallest absolute Gasteiger partial charge is 0.326 e. The van der Waals surface area contributed by atoms with Crippen molar-refractivity contribution in [3.05, 3.63) is 18.2 Å². The van der Waals surface area contributed by atoms with E-state index in [1.165, 1.54) is 75.1 Å². The number of amides is 1. The summed E-state index contributed by atoms with van der Waals surface area (Å²) in [6.07, 6.45) is 19.9. The van der Waals surface area contributed by atoms with Gasteiger partial charge < -0.3 is 16.2 Å². The lowest BCUT2D eigenvalue weighted by atomic mass is 10.0. The lowest BCUT2D eigenvalue weighted by Gasteiger charge is -2.12. The van der Waals surface area contributed by atoms with Crippen LogP contribution in [0.4, 0.5) is 0 Å². The largest absolute Gasteiger partial charge is 0.480 e. The average Bonchev–Trinajstić information content (AvgIpc) is 3.25. The first-order chi connectivity index (χ1) is 16.0. The third-order valence-corrected chi connectivity index (χ3v) is 5.84. The SMILES string of the molecule is CCCCCCCCCCCCCCCC(=O)n1cnc(CC(NC(=O)CCN)C(=O)O)c1. The molecular formula is C25H44N4O4. The minimum absolute atomic E-state index is 0.0185. The molecule has 1 heterocycles. The van der Waals surface area contributed by atoms with E-state index < -0.39 is 17.9 Å². The lowest BCUT2D eigenvalue weighted by Crippen LogP contribution is -2.42. The number of carbonyl (C=O) groups is 3. The summed E-state index contributed by atoms with van der Waals surface area (Å²) in [7, 11) is 0. The summed E-state index contributed by atoms with van der Waals surface area (Å²) in [5.74, 6) is -1.60. The molecule has 8 nitrogen and oxygen atoms in total. The molecule has 4 N–H and O–H groups in total. The van der Waals surface area contributed by atoms with E-state index in [0.717, 1.165) is 19.3 Å². The summed E-state index contributed by atoms with van der Waals surface area (Å²) in [5, 5.41) is 11.7. The molecule has 0 aliphatic heterocycles. The Morgan fingerprint density at radius 3 is 2.00 bits per heavy atom. The Bertz CT molecular complexity index is 690. The number of aliphatic carboxylic acids is 1. The van der Waals surface area contributed by atoms with Gasteiger partial charge in [-0.05, 0) is 6.42 Å². The van der Waals surface area contributed by atoms with E-state index in [1.807, 2.05) is 0 Å². The molecule has 8 heteroatoms. The summed E-state index contributed by atoms with van der Waals surface area (Å²) in [6.45, 7) is 2.40. The molecule has 1 atom stereocenters. The summed E-state index contributed by atoms with van der Waals surface area (Å²) in [4.78, 5) is 39.5. The minimum Gasteiger partial charge on any atom is -0.480 e. The van der Waals surface area contributed by atoms with Crippen LogP contribution in [-0.4, -0.2) is 45.0 Å². The van der Waals surface area contributed by atoms with Gasteiger partial charge in [0.25, 0.3) is 0 Å². The molecule has 0 radical (unpaired) electrons. The Hall–Kier alpha value is -2.22. The molecule has 0 aliphatic rings. The normalized spacial score (nSPS) is 11.9. The third kappa shape index (κ3) is 13.8. The monoisotopic (exact) mass is 464 g/mol. The topological polar surface area (TPSA) is 127 Å². The second kappa shape index (κ2) is 18.2. The van der Waals surface area contributed by atoms with Crippen LogP contribution in [0.5, 0.6) is 0 Å². The number of nitrogens with two attached hydrogens (primary N) is 1. The maximum absolute atomic E-state index is 12.4. The minimum atomic E-state index is -1.15. The second-order valence-electron chi connectivity index (χ2n) is 8.86. The van der Waals surface area contributed by atoms with Gasteiger partial charge in [-0.1, -0.05) is 84.0 Å². The van der Waals surface area contributed by atoms with Crippen LogP contribution < -0.4 is 11.1 Å². The van der Waals surface area contributed by atoms with E-state index >= 15 is 0 Å². The summed E-state index contributed by atoms with van der Waals surface area (Å²) in [6, 6.07) is -1.09. The number of carboxylic acids is 1. The zero-order chi connectivity index (χ0) is 24.3. The van der Waals surface area contributed by atoms with Crippen LogP contribution in [0.15, 0.2) is 12.5 Å². The molecular weight excluding hydrogens is 420 g/mol. The van der Waals surface area contributed by atoms with Gasteiger partial charge in [0.15, 0.2) is 0 Å². The van der Waals surface area contributed by atoms with E-state index in [9.17, 15) is 19.5 Å². The molecule has 1 aromatic heterocycles. The van der Waals surface area contributed by atoms with Crippen molar-refractivity contribution in [2.45, 2.75) is 116 Å². The maximum Gasteiger partial charge on any atom is 0.326 e. The van der Waals surface area contributed by atoms with Gasteiger partial charge >= 0.3 is 5.97 Å². The van der Waals surface area contributed by atoms with Crippen molar-refractivity contribution in [1.82, 2.24) is 14.9 Å². The first-order valence-corrected chi connectivity index (χ1v) is 12.8. The predicted octanol–water partition coefficient (Wildman–Crippen LogP) is 4.47. The molecule has 0 aliphatic carbocycles. The number of rotatable bonds is 20. The maximum atomic E-state index is 12.4. The van der Waals surface area contributed by atoms with Gasteiger partial charge in [0.2, 0.25) is 11.8 Å². The molecule has 1 amide bonds. The molecule has 0 saturated carbocycles. The highest BCUT2D eigenvalue weighted by atomic mass is 16.4. The number of hydrogen-bond donors (Lipinski definition) is 3. The number of unbranched alkanes of at least 4 members (excludes halogenated alkanes) is 12. The number of aromatic nitrogens is 2. The van der Waals surface area contributed by atoms with Crippen LogP contribution in [0.2, 0.25) is 0 Å². The van der Waals surface area contributed by atoms with E-state index in [-0.39, 0.29) is 25.3 Å². The van der Waals surface area contributed by atoms with Crippen molar-refractivity contribution < 1.29 is 19.5 Å². The first-order valence-electron chi connectivity index (χ1n) is 12.8. The third-order valence-electron chi connectivity index (χ3n) is 5.84. The molecule has 1 rings (SSSR count). The lowest BCUT2D eigenvalue weighted by molar-refractivity contribution is -0.141. The van der Waals surface area contributed by atoms with E-state index in [2.05, 4.69) is 17.2 Å². The molecule has 1 unspecified atom stereocenters. The van der Waals surface area contributed by atoms with E-state index in [4.69, 9.17) is 5.73 Å². The first kappa shape index (κ1) is 28.8. The second-order valence-corrected chi connectivity index (χ2v) is 8.86. The summed E-state index contributed by atoms with van der Waals surface area (Å²) < 4.78 is 1.41. The van der Waals surface area contributed by atoms with Gasteiger partial charge in [0.1, 0.15) is 12.4 Å². The molecule has 188 valence electrons. The highest BCUT2D eigenvalue weighted by Gasteiger charge is 2.21. The Morgan fingerprint density at radius 2 is 1.48 bits per heavy atom. The number of nitrogens with one attached hydrogen (secondary N) is 1. The van der Waals surface area contributed by atoms with Crippen LogP contribution >= 0.6 is 0 Å². The fourth-order valence-corrected chi connectivity index (χ4v) is 3.84. The van der Waals surface area contributed by atoms with Gasteiger partial charge in [0.05, 0.1) is 5.69 Å². The molecule has 0 spiro atoms. The number of carbonyl (C=O) groups excluding carboxylic acids is 2. The van der Waals surface area contributed by atoms with Crippen molar-refractivity contribution in [2.24, 2.45) is 5.73 Å². The highest BCUT2D eigenvalue weighted by molar-refractivity contribution is 5.83. The van der Waals surface area contributed by atoms with Crippen LogP contribution in [0.25, 0.3) is 0 Å². The van der Waals surface area contributed by atoms with Gasteiger partial charge in [0, 0.05) is 32.0 Å². The Kier molecular flexibility index (Phi) is 15.9. The van der Waals surface area contributed by atoms with Crippen molar-refractivity contribution in [3.63, 3.8) is 0 Å². The van der Waals surface area contributed by atoms with Crippen molar-refractivity contribution in [1.29, 1.82) is 0 Å². The summed E-state index contributed by atoms with van der Waals surface area (Å²) >= 11 is 0. The predicted molar refractivity (Wildman–Crippen MR) is 130 cm³/mol. The zero-order valence-electron chi connectivity index (χ0n) is 20.4. The van der Waals surface area contributed by atoms with Crippen LogP contribution in [0.1, 0.15) is 114 Å².